The molecule has 0 aromatic heterocycles. The number of ether oxygens (including phenoxy) is 4. The minimum atomic E-state index is -8.70. The van der Waals surface area contributed by atoms with Gasteiger partial charge in [0.1, 0.15) is 24.2 Å². The molecular weight excluding hydrogens is 994 g/mol. The summed E-state index contributed by atoms with van der Waals surface area (Å²) in [5.41, 5.74) is -0.951. The summed E-state index contributed by atoms with van der Waals surface area (Å²) in [5, 5.41) is 2.60. The molecule has 0 spiro atoms. The first-order valence-electron chi connectivity index (χ1n) is 20.6. The average molecular weight is 1040 g/mol. The predicted octanol–water partition coefficient (Wildman–Crippen LogP) is 14.2. The van der Waals surface area contributed by atoms with Gasteiger partial charge in [0.25, 0.3) is 0 Å². The Morgan fingerprint density at radius 1 is 0.652 bits per heavy atom. The normalized spacial score (nSPS) is 14.9. The summed E-state index contributed by atoms with van der Waals surface area (Å²) in [6, 6.07) is 10.9. The number of halogens is 17. The third kappa shape index (κ3) is 13.2. The van der Waals surface area contributed by atoms with E-state index in [-0.39, 0.29) is 12.4 Å². The molecule has 0 heterocycles. The van der Waals surface area contributed by atoms with Gasteiger partial charge in [0.2, 0.25) is 0 Å². The number of benzene rings is 2. The quantitative estimate of drug-likeness (QED) is 0.0251. The number of allylic oxidation sites excluding steroid dienone is 3. The molecule has 1 amide bonds. The number of anilines is 1. The van der Waals surface area contributed by atoms with E-state index in [2.05, 4.69) is 5.32 Å². The van der Waals surface area contributed by atoms with Gasteiger partial charge in [0, 0.05) is 24.1 Å². The minimum Gasteiger partial charge on any atom is -0.497 e. The Morgan fingerprint density at radius 2 is 1.14 bits per heavy atom. The second-order valence-electron chi connectivity index (χ2n) is 16.1. The Labute approximate surface area is 386 Å². The number of carbonyl (C=O) groups is 2. The largest absolute Gasteiger partial charge is 0.497 e. The van der Waals surface area contributed by atoms with E-state index in [9.17, 15) is 75.4 Å². The molecule has 2 atom stereocenters. The van der Waals surface area contributed by atoms with Crippen molar-refractivity contribution < 1.29 is 108 Å². The third-order valence-corrected chi connectivity index (χ3v) is 16.5. The fraction of sp³-hybridized carbons (Fsp3) is 0.581. The van der Waals surface area contributed by atoms with E-state index >= 15 is 8.78 Å². The SMILES string of the molecule is CCOC(=O)/C=C/C=C/C[C@H](C)[C@@H](OC(=O)Nc1ccc(OC)cc1)c1ccc(OCCO[Si](CCC(F)(F)C(F)(F)C(F)(F)C(F)(F)C(F)(F)C(F)(F)C(F)(F)C(F)(F)F)(C(C)C)C(C)C)cc1. The van der Waals surface area contributed by atoms with Crippen molar-refractivity contribution in [3.05, 3.63) is 78.4 Å². The summed E-state index contributed by atoms with van der Waals surface area (Å²) in [4.78, 5) is 24.6. The van der Waals surface area contributed by atoms with Gasteiger partial charge in [-0.3, -0.25) is 5.32 Å². The Kier molecular flexibility index (Phi) is 20.1. The molecule has 8 nitrogen and oxygen atoms in total. The summed E-state index contributed by atoms with van der Waals surface area (Å²) in [5.74, 6) is -57.2. The van der Waals surface area contributed by atoms with Crippen LogP contribution in [-0.2, 0) is 18.7 Å². The number of methoxy groups -OCH3 is 1. The second kappa shape index (κ2) is 23.0. The van der Waals surface area contributed by atoms with Crippen molar-refractivity contribution in [3.8, 4) is 11.5 Å². The summed E-state index contributed by atoms with van der Waals surface area (Å²) < 4.78 is 264. The van der Waals surface area contributed by atoms with Crippen LogP contribution in [0, 0.1) is 5.92 Å². The van der Waals surface area contributed by atoms with Crippen LogP contribution < -0.4 is 14.8 Å². The molecule has 2 rings (SSSR count). The van der Waals surface area contributed by atoms with E-state index < -0.39 is 117 Å². The van der Waals surface area contributed by atoms with Crippen LogP contribution in [0.2, 0.25) is 17.1 Å². The Hall–Kier alpha value is -4.75. The number of nitrogens with one attached hydrogen (secondary N) is 1. The monoisotopic (exact) mass is 1040 g/mol. The van der Waals surface area contributed by atoms with Gasteiger partial charge in [0.15, 0.2) is 8.32 Å². The molecule has 0 unspecified atom stereocenters. The van der Waals surface area contributed by atoms with Crippen LogP contribution >= 0.6 is 0 Å². The molecule has 0 saturated heterocycles. The summed E-state index contributed by atoms with van der Waals surface area (Å²) >= 11 is 0. The summed E-state index contributed by atoms with van der Waals surface area (Å²) in [6.07, 6.45) is -5.89. The van der Waals surface area contributed by atoms with Crippen LogP contribution in [0.5, 0.6) is 11.5 Å². The van der Waals surface area contributed by atoms with Gasteiger partial charge in [-0.15, -0.1) is 0 Å². The van der Waals surface area contributed by atoms with Gasteiger partial charge >= 0.3 is 59.7 Å². The van der Waals surface area contributed by atoms with Crippen molar-refractivity contribution in [2.45, 2.75) is 125 Å². The summed E-state index contributed by atoms with van der Waals surface area (Å²) in [7, 11) is -2.56. The third-order valence-electron chi connectivity index (χ3n) is 10.9. The molecule has 392 valence electrons. The van der Waals surface area contributed by atoms with Crippen LogP contribution in [-0.4, -0.2) is 94.9 Å². The first-order chi connectivity index (χ1) is 31.5. The Balaban J connectivity index is 2.30. The minimum absolute atomic E-state index is 0.131. The van der Waals surface area contributed by atoms with E-state index in [0.717, 1.165) is 0 Å². The number of hydrogen-bond donors (Lipinski definition) is 1. The highest BCUT2D eigenvalue weighted by molar-refractivity contribution is 6.76. The van der Waals surface area contributed by atoms with Gasteiger partial charge < -0.3 is 23.4 Å². The van der Waals surface area contributed by atoms with E-state index in [0.29, 0.717) is 23.4 Å². The molecule has 0 aliphatic rings. The van der Waals surface area contributed by atoms with E-state index in [1.54, 1.807) is 50.3 Å². The molecule has 69 heavy (non-hydrogen) atoms. The van der Waals surface area contributed by atoms with Crippen molar-refractivity contribution in [2.24, 2.45) is 5.92 Å². The lowest BCUT2D eigenvalue weighted by Gasteiger charge is -2.44. The number of amides is 1. The topological polar surface area (TPSA) is 92.3 Å². The van der Waals surface area contributed by atoms with Crippen LogP contribution in [0.15, 0.2) is 72.8 Å². The molecule has 0 aliphatic heterocycles. The molecular formula is C43H50F17NO7Si. The van der Waals surface area contributed by atoms with Crippen LogP contribution in [0.4, 0.5) is 85.1 Å². The van der Waals surface area contributed by atoms with Gasteiger partial charge in [-0.25, -0.2) is 9.59 Å². The van der Waals surface area contributed by atoms with E-state index in [4.69, 9.17) is 23.4 Å². The zero-order valence-corrected chi connectivity index (χ0v) is 38.8. The molecule has 1 N–H and O–H groups in total. The van der Waals surface area contributed by atoms with Crippen LogP contribution in [0.3, 0.4) is 0 Å². The van der Waals surface area contributed by atoms with Gasteiger partial charge in [-0.1, -0.05) is 65.0 Å². The lowest BCUT2D eigenvalue weighted by atomic mass is 9.88. The molecule has 0 fully saturated rings. The second-order valence-corrected chi connectivity index (χ2v) is 21.1. The van der Waals surface area contributed by atoms with E-state index in [1.807, 2.05) is 0 Å². The molecule has 0 radical (unpaired) electrons. The molecule has 2 aromatic carbocycles. The molecule has 26 heteroatoms. The highest BCUT2D eigenvalue weighted by Gasteiger charge is 2.95. The molecule has 0 bridgehead atoms. The maximum Gasteiger partial charge on any atom is 0.460 e. The lowest BCUT2D eigenvalue weighted by molar-refractivity contribution is -0.461. The summed E-state index contributed by atoms with van der Waals surface area (Å²) in [6.45, 7) is 7.91. The maximum atomic E-state index is 15.0. The molecule has 0 saturated carbocycles. The fourth-order valence-electron chi connectivity index (χ4n) is 6.77. The first kappa shape index (κ1) is 60.4. The Bertz CT molecular complexity index is 2020. The van der Waals surface area contributed by atoms with Crippen molar-refractivity contribution in [3.63, 3.8) is 0 Å². The first-order valence-corrected chi connectivity index (χ1v) is 22.9. The molecule has 2 aromatic rings. The lowest BCUT2D eigenvalue weighted by Crippen LogP contribution is -2.74. The highest BCUT2D eigenvalue weighted by atomic mass is 28.4. The van der Waals surface area contributed by atoms with Crippen molar-refractivity contribution in [1.29, 1.82) is 0 Å². The number of esters is 1. The fourth-order valence-corrected chi connectivity index (χ4v) is 11.2. The van der Waals surface area contributed by atoms with Crippen LogP contribution in [0.25, 0.3) is 0 Å². The van der Waals surface area contributed by atoms with Gasteiger partial charge in [0.05, 0.1) is 20.3 Å². The standard InChI is InChI=1S/C43H50F17NO7Si/c1-8-65-33(62)13-11-9-10-12-28(6)34(68-35(63)61-30-16-20-31(64-7)21-17-30)29-14-18-32(19-15-29)66-23-24-67-69(26(2)3,27(4)5)25-22-36(44,45)37(46,47)38(48,49)39(50,51)40(52,53)41(54,55)42(56,57)43(58,59)60/h9-11,13-21,26-28,34H,8,12,22-25H2,1-7H3,(H,61,63)/b10-9+,13-11+/t28-,34+/m0/s1. The number of rotatable bonds is 26. The number of hydrogen-bond acceptors (Lipinski definition) is 7. The Morgan fingerprint density at radius 3 is 1.62 bits per heavy atom. The van der Waals surface area contributed by atoms with Gasteiger partial charge in [-0.2, -0.15) is 74.6 Å². The number of alkyl halides is 17. The highest BCUT2D eigenvalue weighted by Crippen LogP contribution is 2.64. The zero-order chi connectivity index (χ0) is 53.2. The van der Waals surface area contributed by atoms with Crippen molar-refractivity contribution in [2.75, 3.05) is 32.2 Å². The van der Waals surface area contributed by atoms with Crippen molar-refractivity contribution in [1.82, 2.24) is 0 Å². The average Bonchev–Trinajstić information content (AvgIpc) is 3.24. The van der Waals surface area contributed by atoms with Crippen LogP contribution in [0.1, 0.15) is 66.1 Å². The predicted molar refractivity (Wildman–Crippen MR) is 218 cm³/mol. The van der Waals surface area contributed by atoms with E-state index in [1.165, 1.54) is 71.2 Å². The smallest absolute Gasteiger partial charge is 0.460 e. The molecule has 0 aliphatic carbocycles. The zero-order valence-electron chi connectivity index (χ0n) is 37.8. The van der Waals surface area contributed by atoms with Gasteiger partial charge in [-0.05, 0) is 72.4 Å². The van der Waals surface area contributed by atoms with Crippen molar-refractivity contribution >= 4 is 26.1 Å². The maximum absolute atomic E-state index is 15.0. The number of carbonyl (C=O) groups excluding carboxylic acids is 2.